The Balaban J connectivity index is 2.22. The zero-order valence-electron chi connectivity index (χ0n) is 10.0. The van der Waals surface area contributed by atoms with E-state index in [4.69, 9.17) is 0 Å². The number of benzene rings is 1. The van der Waals surface area contributed by atoms with Gasteiger partial charge >= 0.3 is 0 Å². The van der Waals surface area contributed by atoms with Gasteiger partial charge in [0.25, 0.3) is 0 Å². The molecule has 0 aromatic heterocycles. The van der Waals surface area contributed by atoms with Crippen LogP contribution in [0, 0.1) is 5.92 Å². The minimum absolute atomic E-state index is 0.628. The van der Waals surface area contributed by atoms with Crippen molar-refractivity contribution in [2.45, 2.75) is 32.6 Å². The summed E-state index contributed by atoms with van der Waals surface area (Å²) in [5.41, 5.74) is 6.12. The largest absolute Gasteiger partial charge is 0.0798 e. The fourth-order valence-corrected chi connectivity index (χ4v) is 3.15. The lowest BCUT2D eigenvalue weighted by atomic mass is 9.84. The van der Waals surface area contributed by atoms with Crippen LogP contribution in [0.1, 0.15) is 43.7 Å². The van der Waals surface area contributed by atoms with Gasteiger partial charge in [-0.2, -0.15) is 0 Å². The standard InChI is InChI=1S/C16H18/c1-11(2)16-14-9-5-3-7-12(14)13-8-4-6-10-15(13)16/h3,5,7-11,16H,4,6H2,1-2H3. The van der Waals surface area contributed by atoms with Gasteiger partial charge in [0.05, 0.1) is 0 Å². The molecule has 82 valence electrons. The van der Waals surface area contributed by atoms with E-state index in [9.17, 15) is 0 Å². The summed E-state index contributed by atoms with van der Waals surface area (Å²) in [5, 5.41) is 0. The number of allylic oxidation sites excluding steroid dienone is 4. The molecule has 1 unspecified atom stereocenters. The zero-order chi connectivity index (χ0) is 11.1. The molecule has 1 aromatic carbocycles. The molecule has 1 aromatic rings. The number of rotatable bonds is 1. The molecule has 2 aliphatic rings. The van der Waals surface area contributed by atoms with Crippen LogP contribution in [0.4, 0.5) is 0 Å². The SMILES string of the molecule is CC(C)C1C2=CCCC=C2c2ccccc21. The molecule has 0 bridgehead atoms. The second kappa shape index (κ2) is 3.62. The highest BCUT2D eigenvalue weighted by atomic mass is 14.4. The van der Waals surface area contributed by atoms with E-state index < -0.39 is 0 Å². The smallest absolute Gasteiger partial charge is 0.0121 e. The average molecular weight is 210 g/mol. The van der Waals surface area contributed by atoms with Gasteiger partial charge in [-0.05, 0) is 41.0 Å². The summed E-state index contributed by atoms with van der Waals surface area (Å²) in [6, 6.07) is 8.92. The van der Waals surface area contributed by atoms with Crippen molar-refractivity contribution in [3.63, 3.8) is 0 Å². The van der Waals surface area contributed by atoms with Crippen molar-refractivity contribution in [3.05, 3.63) is 53.1 Å². The number of hydrogen-bond acceptors (Lipinski definition) is 0. The van der Waals surface area contributed by atoms with Crippen LogP contribution < -0.4 is 0 Å². The second-order valence-electron chi connectivity index (χ2n) is 5.16. The molecule has 3 rings (SSSR count). The van der Waals surface area contributed by atoms with E-state index in [1.54, 1.807) is 5.57 Å². The van der Waals surface area contributed by atoms with Crippen LogP contribution in [0.15, 0.2) is 42.0 Å². The van der Waals surface area contributed by atoms with Crippen molar-refractivity contribution in [3.8, 4) is 0 Å². The Hall–Kier alpha value is -1.30. The monoisotopic (exact) mass is 210 g/mol. The Kier molecular flexibility index (Phi) is 2.24. The lowest BCUT2D eigenvalue weighted by Crippen LogP contribution is -2.05. The molecular weight excluding hydrogens is 192 g/mol. The molecule has 0 aliphatic heterocycles. The van der Waals surface area contributed by atoms with E-state index in [0.29, 0.717) is 11.8 Å². The van der Waals surface area contributed by atoms with Gasteiger partial charge in [0.1, 0.15) is 0 Å². The molecule has 2 aliphatic carbocycles. The third-order valence-electron chi connectivity index (χ3n) is 3.78. The highest BCUT2D eigenvalue weighted by Crippen LogP contribution is 2.50. The van der Waals surface area contributed by atoms with Gasteiger partial charge in [-0.3, -0.25) is 0 Å². The fraction of sp³-hybridized carbons (Fsp3) is 0.375. The molecule has 16 heavy (non-hydrogen) atoms. The third-order valence-corrected chi connectivity index (χ3v) is 3.78. The molecular formula is C16H18. The zero-order valence-corrected chi connectivity index (χ0v) is 10.0. The van der Waals surface area contributed by atoms with Crippen LogP contribution in [0.25, 0.3) is 5.57 Å². The first-order valence-electron chi connectivity index (χ1n) is 6.29. The average Bonchev–Trinajstić information content (AvgIpc) is 2.63. The quantitative estimate of drug-likeness (QED) is 0.638. The second-order valence-corrected chi connectivity index (χ2v) is 5.16. The van der Waals surface area contributed by atoms with Crippen LogP contribution in [-0.2, 0) is 0 Å². The van der Waals surface area contributed by atoms with Gasteiger partial charge in [-0.25, -0.2) is 0 Å². The predicted octanol–water partition coefficient (Wildman–Crippen LogP) is 4.54. The minimum atomic E-state index is 0.628. The van der Waals surface area contributed by atoms with Crippen LogP contribution in [-0.4, -0.2) is 0 Å². The summed E-state index contributed by atoms with van der Waals surface area (Å²) in [4.78, 5) is 0. The molecule has 0 heteroatoms. The summed E-state index contributed by atoms with van der Waals surface area (Å²) in [6.45, 7) is 4.67. The first-order valence-corrected chi connectivity index (χ1v) is 6.29. The van der Waals surface area contributed by atoms with Crippen molar-refractivity contribution in [2.24, 2.45) is 5.92 Å². The van der Waals surface area contributed by atoms with Crippen molar-refractivity contribution < 1.29 is 0 Å². The van der Waals surface area contributed by atoms with Crippen molar-refractivity contribution in [1.29, 1.82) is 0 Å². The molecule has 0 nitrogen and oxygen atoms in total. The Morgan fingerprint density at radius 1 is 1.06 bits per heavy atom. The normalized spacial score (nSPS) is 22.6. The first-order chi connectivity index (χ1) is 7.79. The van der Waals surface area contributed by atoms with E-state index >= 15 is 0 Å². The van der Waals surface area contributed by atoms with E-state index in [-0.39, 0.29) is 0 Å². The van der Waals surface area contributed by atoms with Crippen molar-refractivity contribution >= 4 is 5.57 Å². The topological polar surface area (TPSA) is 0 Å². The van der Waals surface area contributed by atoms with Gasteiger partial charge in [0, 0.05) is 5.92 Å². The maximum absolute atomic E-state index is 2.46. The summed E-state index contributed by atoms with van der Waals surface area (Å²) < 4.78 is 0. The predicted molar refractivity (Wildman–Crippen MR) is 69.3 cm³/mol. The van der Waals surface area contributed by atoms with Crippen LogP contribution >= 0.6 is 0 Å². The Labute approximate surface area is 97.7 Å². The Bertz CT molecular complexity index is 475. The van der Waals surface area contributed by atoms with Gasteiger partial charge in [0.15, 0.2) is 0 Å². The van der Waals surface area contributed by atoms with E-state index in [2.05, 4.69) is 50.3 Å². The lowest BCUT2D eigenvalue weighted by molar-refractivity contribution is 0.571. The molecule has 0 fully saturated rings. The number of hydrogen-bond donors (Lipinski definition) is 0. The van der Waals surface area contributed by atoms with Gasteiger partial charge in [0.2, 0.25) is 0 Å². The number of fused-ring (bicyclic) bond motifs is 3. The lowest BCUT2D eigenvalue weighted by Gasteiger charge is -2.19. The van der Waals surface area contributed by atoms with E-state index in [1.807, 2.05) is 0 Å². The summed E-state index contributed by atoms with van der Waals surface area (Å²) in [6.07, 6.45) is 7.31. The molecule has 0 saturated heterocycles. The first kappa shape index (κ1) is 9.89. The van der Waals surface area contributed by atoms with E-state index in [0.717, 1.165) is 0 Å². The maximum Gasteiger partial charge on any atom is 0.0121 e. The highest BCUT2D eigenvalue weighted by Gasteiger charge is 2.33. The summed E-state index contributed by atoms with van der Waals surface area (Å²) in [7, 11) is 0. The molecule has 1 atom stereocenters. The highest BCUT2D eigenvalue weighted by molar-refractivity contribution is 5.88. The van der Waals surface area contributed by atoms with Crippen LogP contribution in [0.5, 0.6) is 0 Å². The molecule has 0 amide bonds. The molecule has 0 spiro atoms. The molecule has 0 heterocycles. The molecule has 0 N–H and O–H groups in total. The fourth-order valence-electron chi connectivity index (χ4n) is 3.15. The Morgan fingerprint density at radius 2 is 1.81 bits per heavy atom. The molecule has 0 radical (unpaired) electrons. The summed E-state index contributed by atoms with van der Waals surface area (Å²) >= 11 is 0. The third kappa shape index (κ3) is 1.29. The maximum atomic E-state index is 2.46. The van der Waals surface area contributed by atoms with Crippen LogP contribution in [0.3, 0.4) is 0 Å². The van der Waals surface area contributed by atoms with E-state index in [1.165, 1.54) is 29.5 Å². The Morgan fingerprint density at radius 3 is 2.62 bits per heavy atom. The van der Waals surface area contributed by atoms with Gasteiger partial charge in [-0.15, -0.1) is 0 Å². The van der Waals surface area contributed by atoms with Crippen molar-refractivity contribution in [2.75, 3.05) is 0 Å². The van der Waals surface area contributed by atoms with Crippen LogP contribution in [0.2, 0.25) is 0 Å². The van der Waals surface area contributed by atoms with Gasteiger partial charge in [-0.1, -0.05) is 50.3 Å². The van der Waals surface area contributed by atoms with Crippen molar-refractivity contribution in [1.82, 2.24) is 0 Å². The van der Waals surface area contributed by atoms with Gasteiger partial charge < -0.3 is 0 Å². The molecule has 0 saturated carbocycles. The minimum Gasteiger partial charge on any atom is -0.0798 e. The summed E-state index contributed by atoms with van der Waals surface area (Å²) in [5.74, 6) is 1.32.